The lowest BCUT2D eigenvalue weighted by Gasteiger charge is -2.27. The zero-order valence-corrected chi connectivity index (χ0v) is 15.8. The average Bonchev–Trinajstić information content (AvgIpc) is 3.34. The molecule has 138 valence electrons. The maximum atomic E-state index is 12.2. The molecule has 0 bridgehead atoms. The van der Waals surface area contributed by atoms with Crippen LogP contribution in [0, 0.1) is 5.92 Å². The molecule has 1 aromatic carbocycles. The highest BCUT2D eigenvalue weighted by Crippen LogP contribution is 2.46. The SMILES string of the molecule is CC(C)c1ccc(NC(=O)C(=O)NCC(O)(c2cccs2)C2CC2)cc1. The number of hydrogen-bond donors (Lipinski definition) is 3. The van der Waals surface area contributed by atoms with Crippen molar-refractivity contribution in [2.45, 2.75) is 38.2 Å². The number of nitrogens with one attached hydrogen (secondary N) is 2. The first-order valence-corrected chi connectivity index (χ1v) is 9.73. The first-order chi connectivity index (χ1) is 12.4. The molecule has 1 unspecified atom stereocenters. The number of benzene rings is 1. The van der Waals surface area contributed by atoms with Gasteiger partial charge in [-0.05, 0) is 53.8 Å². The van der Waals surface area contributed by atoms with E-state index >= 15 is 0 Å². The minimum Gasteiger partial charge on any atom is -0.382 e. The fourth-order valence-electron chi connectivity index (χ4n) is 2.95. The molecule has 1 aliphatic carbocycles. The average molecular weight is 372 g/mol. The molecule has 1 saturated carbocycles. The zero-order valence-electron chi connectivity index (χ0n) is 15.0. The summed E-state index contributed by atoms with van der Waals surface area (Å²) in [5, 5.41) is 18.1. The molecule has 3 N–H and O–H groups in total. The van der Waals surface area contributed by atoms with Gasteiger partial charge < -0.3 is 15.7 Å². The van der Waals surface area contributed by atoms with Crippen LogP contribution in [0.2, 0.25) is 0 Å². The number of rotatable bonds is 6. The van der Waals surface area contributed by atoms with Crippen LogP contribution in [-0.2, 0) is 15.2 Å². The largest absolute Gasteiger partial charge is 0.382 e. The topological polar surface area (TPSA) is 78.4 Å². The number of anilines is 1. The van der Waals surface area contributed by atoms with E-state index in [9.17, 15) is 14.7 Å². The molecular weight excluding hydrogens is 348 g/mol. The number of carbonyl (C=O) groups is 2. The Bertz CT molecular complexity index is 767. The minimum atomic E-state index is -1.09. The second kappa shape index (κ2) is 7.60. The molecule has 26 heavy (non-hydrogen) atoms. The number of hydrogen-bond acceptors (Lipinski definition) is 4. The second-order valence-electron chi connectivity index (χ2n) is 7.09. The normalized spacial score (nSPS) is 16.2. The summed E-state index contributed by atoms with van der Waals surface area (Å²) in [5.74, 6) is -0.936. The van der Waals surface area contributed by atoms with E-state index < -0.39 is 17.4 Å². The minimum absolute atomic E-state index is 0.0384. The molecule has 1 fully saturated rings. The monoisotopic (exact) mass is 372 g/mol. The van der Waals surface area contributed by atoms with Gasteiger partial charge in [-0.3, -0.25) is 9.59 Å². The summed E-state index contributed by atoms with van der Waals surface area (Å²) in [7, 11) is 0. The molecule has 6 heteroatoms. The third-order valence-electron chi connectivity index (χ3n) is 4.76. The van der Waals surface area contributed by atoms with Gasteiger partial charge in [-0.15, -0.1) is 11.3 Å². The lowest BCUT2D eigenvalue weighted by molar-refractivity contribution is -0.137. The highest BCUT2D eigenvalue weighted by molar-refractivity contribution is 7.10. The summed E-state index contributed by atoms with van der Waals surface area (Å²) in [5.41, 5.74) is 0.645. The van der Waals surface area contributed by atoms with Crippen molar-refractivity contribution in [2.24, 2.45) is 5.92 Å². The fraction of sp³-hybridized carbons (Fsp3) is 0.400. The van der Waals surface area contributed by atoms with Crippen molar-refractivity contribution in [3.63, 3.8) is 0 Å². The Morgan fingerprint density at radius 3 is 2.42 bits per heavy atom. The Balaban J connectivity index is 1.58. The lowest BCUT2D eigenvalue weighted by Crippen LogP contribution is -2.45. The van der Waals surface area contributed by atoms with E-state index in [1.807, 2.05) is 29.6 Å². The van der Waals surface area contributed by atoms with Crippen LogP contribution >= 0.6 is 11.3 Å². The maximum absolute atomic E-state index is 12.2. The van der Waals surface area contributed by atoms with Crippen LogP contribution in [-0.4, -0.2) is 23.5 Å². The van der Waals surface area contributed by atoms with Crippen molar-refractivity contribution in [1.29, 1.82) is 0 Å². The predicted octanol–water partition coefficient (Wildman–Crippen LogP) is 3.22. The first-order valence-electron chi connectivity index (χ1n) is 8.85. The third-order valence-corrected chi connectivity index (χ3v) is 5.80. The van der Waals surface area contributed by atoms with Crippen molar-refractivity contribution in [3.8, 4) is 0 Å². The van der Waals surface area contributed by atoms with Crippen molar-refractivity contribution in [3.05, 3.63) is 52.2 Å². The summed E-state index contributed by atoms with van der Waals surface area (Å²) < 4.78 is 0. The van der Waals surface area contributed by atoms with Crippen molar-refractivity contribution >= 4 is 28.8 Å². The molecule has 2 amide bonds. The van der Waals surface area contributed by atoms with Gasteiger partial charge in [0.05, 0.1) is 6.54 Å². The molecule has 3 rings (SSSR count). The Morgan fingerprint density at radius 1 is 1.19 bits per heavy atom. The molecule has 5 nitrogen and oxygen atoms in total. The summed E-state index contributed by atoms with van der Waals surface area (Å²) in [6.07, 6.45) is 1.86. The molecule has 0 aliphatic heterocycles. The Labute approximate surface area is 157 Å². The second-order valence-corrected chi connectivity index (χ2v) is 8.04. The number of thiophene rings is 1. The summed E-state index contributed by atoms with van der Waals surface area (Å²) in [6.45, 7) is 4.22. The smallest absolute Gasteiger partial charge is 0.313 e. The van der Waals surface area contributed by atoms with Crippen LogP contribution in [0.25, 0.3) is 0 Å². The van der Waals surface area contributed by atoms with Crippen LogP contribution in [0.5, 0.6) is 0 Å². The molecule has 1 heterocycles. The molecule has 0 radical (unpaired) electrons. The Morgan fingerprint density at radius 2 is 1.88 bits per heavy atom. The van der Waals surface area contributed by atoms with Crippen LogP contribution in [0.3, 0.4) is 0 Å². The summed E-state index contributed by atoms with van der Waals surface area (Å²) >= 11 is 1.46. The van der Waals surface area contributed by atoms with E-state index in [-0.39, 0.29) is 12.5 Å². The highest BCUT2D eigenvalue weighted by atomic mass is 32.1. The molecular formula is C20H24N2O3S. The van der Waals surface area contributed by atoms with Crippen LogP contribution < -0.4 is 10.6 Å². The lowest BCUT2D eigenvalue weighted by atomic mass is 9.95. The van der Waals surface area contributed by atoms with Crippen LogP contribution in [0.1, 0.15) is 43.0 Å². The molecule has 1 atom stereocenters. The number of aliphatic hydroxyl groups is 1. The number of carbonyl (C=O) groups excluding carboxylic acids is 2. The van der Waals surface area contributed by atoms with Crippen LogP contribution in [0.15, 0.2) is 41.8 Å². The van der Waals surface area contributed by atoms with Gasteiger partial charge in [-0.1, -0.05) is 32.0 Å². The van der Waals surface area contributed by atoms with E-state index in [0.717, 1.165) is 23.3 Å². The standard InChI is InChI=1S/C20H24N2O3S/c1-13(2)14-5-9-16(10-6-14)22-19(24)18(23)21-12-20(25,15-7-8-15)17-4-3-11-26-17/h3-6,9-11,13,15,25H,7-8,12H2,1-2H3,(H,21,23)(H,22,24). The zero-order chi connectivity index (χ0) is 18.7. The van der Waals surface area contributed by atoms with E-state index in [1.54, 1.807) is 12.1 Å². The van der Waals surface area contributed by atoms with Crippen LogP contribution in [0.4, 0.5) is 5.69 Å². The Kier molecular flexibility index (Phi) is 5.44. The van der Waals surface area contributed by atoms with E-state index in [1.165, 1.54) is 11.3 Å². The van der Waals surface area contributed by atoms with Crippen molar-refractivity contribution < 1.29 is 14.7 Å². The Hall–Kier alpha value is -2.18. The highest BCUT2D eigenvalue weighted by Gasteiger charge is 2.46. The fourth-order valence-corrected chi connectivity index (χ4v) is 3.86. The quantitative estimate of drug-likeness (QED) is 0.681. The van der Waals surface area contributed by atoms with Gasteiger partial charge in [0, 0.05) is 10.6 Å². The van der Waals surface area contributed by atoms with Gasteiger partial charge in [0.2, 0.25) is 0 Å². The maximum Gasteiger partial charge on any atom is 0.313 e. The van der Waals surface area contributed by atoms with E-state index in [0.29, 0.717) is 11.6 Å². The van der Waals surface area contributed by atoms with Crippen molar-refractivity contribution in [2.75, 3.05) is 11.9 Å². The third kappa shape index (κ3) is 4.14. The molecule has 1 aliphatic rings. The first kappa shape index (κ1) is 18.6. The number of amides is 2. The summed E-state index contributed by atoms with van der Waals surface area (Å²) in [6, 6.07) is 11.2. The van der Waals surface area contributed by atoms with Gasteiger partial charge in [-0.25, -0.2) is 0 Å². The molecule has 0 spiro atoms. The van der Waals surface area contributed by atoms with E-state index in [2.05, 4.69) is 24.5 Å². The van der Waals surface area contributed by atoms with Gasteiger partial charge in [0.15, 0.2) is 0 Å². The molecule has 0 saturated heterocycles. The summed E-state index contributed by atoms with van der Waals surface area (Å²) in [4.78, 5) is 25.1. The van der Waals surface area contributed by atoms with E-state index in [4.69, 9.17) is 0 Å². The van der Waals surface area contributed by atoms with Gasteiger partial charge in [-0.2, -0.15) is 0 Å². The predicted molar refractivity (Wildman–Crippen MR) is 103 cm³/mol. The van der Waals surface area contributed by atoms with Crippen molar-refractivity contribution in [1.82, 2.24) is 5.32 Å². The molecule has 2 aromatic rings. The van der Waals surface area contributed by atoms with Gasteiger partial charge in [0.25, 0.3) is 0 Å². The van der Waals surface area contributed by atoms with Gasteiger partial charge >= 0.3 is 11.8 Å². The van der Waals surface area contributed by atoms with Gasteiger partial charge in [0.1, 0.15) is 5.60 Å². The molecule has 1 aromatic heterocycles.